The van der Waals surface area contributed by atoms with Crippen molar-refractivity contribution in [3.8, 4) is 5.75 Å². The van der Waals surface area contributed by atoms with E-state index in [0.717, 1.165) is 5.56 Å². The number of carboxylic acids is 1. The molecule has 0 amide bonds. The molecule has 0 spiro atoms. The van der Waals surface area contributed by atoms with E-state index in [2.05, 4.69) is 5.16 Å². The summed E-state index contributed by atoms with van der Waals surface area (Å²) in [5.41, 5.74) is 1.55. The zero-order valence-electron chi connectivity index (χ0n) is 8.46. The summed E-state index contributed by atoms with van der Waals surface area (Å²) in [6, 6.07) is 6.56. The van der Waals surface area contributed by atoms with Crippen molar-refractivity contribution in [3.63, 3.8) is 0 Å². The first kappa shape index (κ1) is 10.5. The third-order valence-electron chi connectivity index (χ3n) is 2.34. The third-order valence-corrected chi connectivity index (χ3v) is 2.34. The first-order chi connectivity index (χ1) is 7.65. The van der Waals surface area contributed by atoms with Crippen LogP contribution in [-0.4, -0.2) is 28.0 Å². The first-order valence-electron chi connectivity index (χ1n) is 4.89. The number of phenolic OH excluding ortho intramolecular Hbond substituents is 1. The molecule has 1 unspecified atom stereocenters. The molecule has 0 bridgehead atoms. The normalized spacial score (nSPS) is 19.0. The lowest BCUT2D eigenvalue weighted by Gasteiger charge is -2.03. The molecule has 0 aromatic heterocycles. The van der Waals surface area contributed by atoms with E-state index in [4.69, 9.17) is 15.1 Å². The van der Waals surface area contributed by atoms with Crippen LogP contribution in [0.4, 0.5) is 0 Å². The predicted molar refractivity (Wildman–Crippen MR) is 56.4 cm³/mol. The van der Waals surface area contributed by atoms with Crippen molar-refractivity contribution < 1.29 is 19.8 Å². The Kier molecular flexibility index (Phi) is 2.76. The number of benzene rings is 1. The zero-order chi connectivity index (χ0) is 11.5. The number of aromatic hydroxyl groups is 1. The quantitative estimate of drug-likeness (QED) is 0.807. The Morgan fingerprint density at radius 3 is 2.75 bits per heavy atom. The predicted octanol–water partition coefficient (Wildman–Crippen LogP) is 1.36. The van der Waals surface area contributed by atoms with Crippen LogP contribution in [-0.2, 0) is 9.63 Å². The van der Waals surface area contributed by atoms with Gasteiger partial charge in [0.25, 0.3) is 0 Å². The lowest BCUT2D eigenvalue weighted by Crippen LogP contribution is -2.13. The van der Waals surface area contributed by atoms with E-state index in [0.29, 0.717) is 12.1 Å². The number of carboxylic acid groups (broad SMARTS) is 1. The maximum absolute atomic E-state index is 10.5. The van der Waals surface area contributed by atoms with Crippen LogP contribution in [0.3, 0.4) is 0 Å². The Hall–Kier alpha value is -2.04. The lowest BCUT2D eigenvalue weighted by molar-refractivity contribution is -0.139. The summed E-state index contributed by atoms with van der Waals surface area (Å²) in [5, 5.41) is 21.6. The van der Waals surface area contributed by atoms with Crippen LogP contribution in [0.15, 0.2) is 29.4 Å². The fourth-order valence-corrected chi connectivity index (χ4v) is 1.56. The Labute approximate surface area is 92.0 Å². The molecule has 0 aliphatic carbocycles. The van der Waals surface area contributed by atoms with Crippen LogP contribution in [0.25, 0.3) is 0 Å². The van der Waals surface area contributed by atoms with Gasteiger partial charge < -0.3 is 15.1 Å². The summed E-state index contributed by atoms with van der Waals surface area (Å²) in [6.07, 6.45) is 0.0450. The number of hydrogen-bond acceptors (Lipinski definition) is 4. The van der Waals surface area contributed by atoms with Gasteiger partial charge in [-0.25, -0.2) is 0 Å². The molecule has 1 heterocycles. The van der Waals surface area contributed by atoms with Crippen LogP contribution in [0.2, 0.25) is 0 Å². The van der Waals surface area contributed by atoms with E-state index in [9.17, 15) is 4.79 Å². The van der Waals surface area contributed by atoms with Crippen molar-refractivity contribution >= 4 is 11.7 Å². The van der Waals surface area contributed by atoms with Gasteiger partial charge >= 0.3 is 5.97 Å². The van der Waals surface area contributed by atoms with Gasteiger partial charge in [-0.05, 0) is 29.8 Å². The fourth-order valence-electron chi connectivity index (χ4n) is 1.56. The van der Waals surface area contributed by atoms with Crippen LogP contribution in [0, 0.1) is 0 Å². The lowest BCUT2D eigenvalue weighted by atomic mass is 10.0. The van der Waals surface area contributed by atoms with Crippen molar-refractivity contribution in [1.29, 1.82) is 0 Å². The minimum absolute atomic E-state index is 0.0505. The van der Waals surface area contributed by atoms with E-state index < -0.39 is 5.97 Å². The minimum Gasteiger partial charge on any atom is -0.508 e. The standard InChI is InChI=1S/C11H11NO4/c13-8-3-1-7(2-4-8)10-5-9(16-12-10)6-11(14)15/h1-4,9,13H,5-6H2,(H,14,15). The van der Waals surface area contributed by atoms with E-state index in [1.165, 1.54) is 0 Å². The van der Waals surface area contributed by atoms with Crippen LogP contribution < -0.4 is 0 Å². The molecule has 0 radical (unpaired) electrons. The van der Waals surface area contributed by atoms with Crippen molar-refractivity contribution in [1.82, 2.24) is 0 Å². The second kappa shape index (κ2) is 4.22. The number of hydrogen-bond donors (Lipinski definition) is 2. The highest BCUT2D eigenvalue weighted by atomic mass is 16.6. The fraction of sp³-hybridized carbons (Fsp3) is 0.273. The zero-order valence-corrected chi connectivity index (χ0v) is 8.46. The summed E-state index contributed by atoms with van der Waals surface area (Å²) >= 11 is 0. The number of nitrogens with zero attached hydrogens (tertiary/aromatic N) is 1. The van der Waals surface area contributed by atoms with Crippen molar-refractivity contribution in [2.45, 2.75) is 18.9 Å². The molecule has 0 saturated heterocycles. The summed E-state index contributed by atoms with van der Waals surface area (Å²) < 4.78 is 0. The molecule has 16 heavy (non-hydrogen) atoms. The van der Waals surface area contributed by atoms with Gasteiger partial charge in [-0.2, -0.15) is 0 Å². The van der Waals surface area contributed by atoms with Gasteiger partial charge in [-0.1, -0.05) is 5.16 Å². The van der Waals surface area contributed by atoms with Crippen molar-refractivity contribution in [3.05, 3.63) is 29.8 Å². The molecule has 1 atom stereocenters. The molecular weight excluding hydrogens is 210 g/mol. The Morgan fingerprint density at radius 2 is 2.12 bits per heavy atom. The monoisotopic (exact) mass is 221 g/mol. The van der Waals surface area contributed by atoms with Gasteiger partial charge in [0.05, 0.1) is 12.1 Å². The second-order valence-corrected chi connectivity index (χ2v) is 3.61. The molecule has 5 nitrogen and oxygen atoms in total. The highest BCUT2D eigenvalue weighted by Crippen LogP contribution is 2.20. The number of carbonyl (C=O) groups is 1. The number of aliphatic carboxylic acids is 1. The molecule has 2 rings (SSSR count). The number of phenols is 1. The molecule has 84 valence electrons. The molecule has 5 heteroatoms. The Morgan fingerprint density at radius 1 is 1.44 bits per heavy atom. The van der Waals surface area contributed by atoms with Crippen molar-refractivity contribution in [2.24, 2.45) is 5.16 Å². The second-order valence-electron chi connectivity index (χ2n) is 3.61. The van der Waals surface area contributed by atoms with Gasteiger partial charge in [0.15, 0.2) is 0 Å². The highest BCUT2D eigenvalue weighted by Gasteiger charge is 2.24. The number of rotatable bonds is 3. The van der Waals surface area contributed by atoms with Gasteiger partial charge in [0.1, 0.15) is 11.9 Å². The largest absolute Gasteiger partial charge is 0.508 e. The van der Waals surface area contributed by atoms with Gasteiger partial charge in [-0.3, -0.25) is 4.79 Å². The molecule has 1 aliphatic heterocycles. The first-order valence-corrected chi connectivity index (χ1v) is 4.89. The Bertz CT molecular complexity index is 424. The molecule has 1 aromatic carbocycles. The number of oxime groups is 1. The van der Waals surface area contributed by atoms with E-state index in [1.807, 2.05) is 0 Å². The van der Waals surface area contributed by atoms with Crippen LogP contribution in [0.1, 0.15) is 18.4 Å². The van der Waals surface area contributed by atoms with Crippen LogP contribution in [0.5, 0.6) is 5.75 Å². The topological polar surface area (TPSA) is 79.1 Å². The summed E-state index contributed by atoms with van der Waals surface area (Å²) in [5.74, 6) is -0.711. The molecular formula is C11H11NO4. The molecule has 0 fully saturated rings. The third kappa shape index (κ3) is 2.31. The summed E-state index contributed by atoms with van der Waals surface area (Å²) in [6.45, 7) is 0. The average Bonchev–Trinajstić information content (AvgIpc) is 2.66. The van der Waals surface area contributed by atoms with Crippen LogP contribution >= 0.6 is 0 Å². The van der Waals surface area contributed by atoms with Gasteiger partial charge in [-0.15, -0.1) is 0 Å². The SMILES string of the molecule is O=C(O)CC1CC(c2ccc(O)cc2)=NO1. The molecule has 1 aromatic rings. The smallest absolute Gasteiger partial charge is 0.307 e. The van der Waals surface area contributed by atoms with Gasteiger partial charge in [0.2, 0.25) is 0 Å². The minimum atomic E-state index is -0.896. The molecule has 0 saturated carbocycles. The van der Waals surface area contributed by atoms with Crippen molar-refractivity contribution in [2.75, 3.05) is 0 Å². The maximum Gasteiger partial charge on any atom is 0.307 e. The van der Waals surface area contributed by atoms with E-state index in [1.54, 1.807) is 24.3 Å². The van der Waals surface area contributed by atoms with E-state index in [-0.39, 0.29) is 18.3 Å². The Balaban J connectivity index is 2.03. The molecule has 2 N–H and O–H groups in total. The average molecular weight is 221 g/mol. The summed E-state index contributed by atoms with van der Waals surface area (Å²) in [4.78, 5) is 15.5. The highest BCUT2D eigenvalue weighted by molar-refractivity contribution is 6.01. The molecule has 1 aliphatic rings. The summed E-state index contributed by atoms with van der Waals surface area (Å²) in [7, 11) is 0. The van der Waals surface area contributed by atoms with Gasteiger partial charge in [0, 0.05) is 6.42 Å². The van der Waals surface area contributed by atoms with E-state index >= 15 is 0 Å². The maximum atomic E-state index is 10.5.